The Labute approximate surface area is 178 Å². The average Bonchev–Trinajstić information content (AvgIpc) is 2.75. The molecule has 0 heterocycles. The summed E-state index contributed by atoms with van der Waals surface area (Å²) in [6.07, 6.45) is 15.6. The van der Waals surface area contributed by atoms with Crippen molar-refractivity contribution >= 4 is 6.21 Å². The molecule has 0 unspecified atom stereocenters. The van der Waals surface area contributed by atoms with Crippen LogP contribution in [0.25, 0.3) is 0 Å². The molecular weight excluding hydrogens is 354 g/mol. The van der Waals surface area contributed by atoms with Crippen LogP contribution in [0.3, 0.4) is 0 Å². The maximum Gasteiger partial charge on any atom is 0.119 e. The van der Waals surface area contributed by atoms with Gasteiger partial charge in [-0.05, 0) is 48.7 Å². The van der Waals surface area contributed by atoms with Crippen molar-refractivity contribution in [3.8, 4) is 5.75 Å². The highest BCUT2D eigenvalue weighted by molar-refractivity contribution is 5.79. The van der Waals surface area contributed by atoms with Crippen molar-refractivity contribution in [2.24, 2.45) is 4.99 Å². The summed E-state index contributed by atoms with van der Waals surface area (Å²) in [5.74, 6) is 0.900. The first-order chi connectivity index (χ1) is 14.3. The van der Waals surface area contributed by atoms with Crippen LogP contribution >= 0.6 is 0 Å². The summed E-state index contributed by atoms with van der Waals surface area (Å²) in [4.78, 5) is 4.57. The van der Waals surface area contributed by atoms with E-state index in [0.29, 0.717) is 6.61 Å². The van der Waals surface area contributed by atoms with E-state index >= 15 is 0 Å². The summed E-state index contributed by atoms with van der Waals surface area (Å²) in [5, 5.41) is 0. The molecule has 0 N–H and O–H groups in total. The highest BCUT2D eigenvalue weighted by atomic mass is 16.5. The van der Waals surface area contributed by atoms with Gasteiger partial charge in [-0.3, -0.25) is 4.99 Å². The summed E-state index contributed by atoms with van der Waals surface area (Å²) in [5.41, 5.74) is 3.60. The molecule has 2 heteroatoms. The van der Waals surface area contributed by atoms with Gasteiger partial charge in [0.2, 0.25) is 0 Å². The van der Waals surface area contributed by atoms with Gasteiger partial charge in [0.1, 0.15) is 12.4 Å². The molecule has 0 aliphatic carbocycles. The standard InChI is InChI=1S/C27H39NO/c1-3-4-5-6-7-8-9-10-11-12-21-28-22-25-17-19-27(20-18-25)29-23-26-15-13-24(2)14-16-26/h13-20,22H,3-12,21,23H2,1-2H3/b28-22+. The van der Waals surface area contributed by atoms with Gasteiger partial charge in [0.15, 0.2) is 0 Å². The lowest BCUT2D eigenvalue weighted by Gasteiger charge is -2.06. The molecule has 2 nitrogen and oxygen atoms in total. The Morgan fingerprint density at radius 3 is 1.93 bits per heavy atom. The minimum absolute atomic E-state index is 0.604. The van der Waals surface area contributed by atoms with Gasteiger partial charge in [0, 0.05) is 12.8 Å². The first kappa shape index (κ1) is 23.2. The molecule has 2 aromatic rings. The zero-order valence-electron chi connectivity index (χ0n) is 18.5. The highest BCUT2D eigenvalue weighted by Gasteiger charge is 1.97. The van der Waals surface area contributed by atoms with Gasteiger partial charge in [-0.1, -0.05) is 94.5 Å². The second-order valence-corrected chi connectivity index (χ2v) is 8.06. The van der Waals surface area contributed by atoms with Crippen LogP contribution in [0.2, 0.25) is 0 Å². The number of hydrogen-bond donors (Lipinski definition) is 0. The van der Waals surface area contributed by atoms with Crippen molar-refractivity contribution in [1.82, 2.24) is 0 Å². The number of aliphatic imine (C=N–C) groups is 1. The van der Waals surface area contributed by atoms with E-state index in [0.717, 1.165) is 17.9 Å². The molecule has 0 amide bonds. The molecule has 0 radical (unpaired) electrons. The van der Waals surface area contributed by atoms with E-state index in [-0.39, 0.29) is 0 Å². The first-order valence-corrected chi connectivity index (χ1v) is 11.6. The first-order valence-electron chi connectivity index (χ1n) is 11.6. The predicted molar refractivity (Wildman–Crippen MR) is 126 cm³/mol. The van der Waals surface area contributed by atoms with E-state index in [1.165, 1.54) is 75.3 Å². The number of hydrogen-bond acceptors (Lipinski definition) is 2. The van der Waals surface area contributed by atoms with Crippen LogP contribution in [-0.4, -0.2) is 12.8 Å². The number of rotatable bonds is 15. The molecule has 0 fully saturated rings. The topological polar surface area (TPSA) is 21.6 Å². The third-order valence-electron chi connectivity index (χ3n) is 5.29. The predicted octanol–water partition coefficient (Wildman–Crippen LogP) is 7.91. The summed E-state index contributed by atoms with van der Waals surface area (Å²) in [6, 6.07) is 16.7. The van der Waals surface area contributed by atoms with Crippen LogP contribution in [-0.2, 0) is 6.61 Å². The number of unbranched alkanes of at least 4 members (excludes halogenated alkanes) is 9. The van der Waals surface area contributed by atoms with Crippen molar-refractivity contribution < 1.29 is 4.74 Å². The van der Waals surface area contributed by atoms with Gasteiger partial charge >= 0.3 is 0 Å². The fraction of sp³-hybridized carbons (Fsp3) is 0.519. The summed E-state index contributed by atoms with van der Waals surface area (Å²) in [6.45, 7) is 5.91. The van der Waals surface area contributed by atoms with E-state index in [9.17, 15) is 0 Å². The SMILES string of the molecule is CCCCCCCCCCCC/N=C/c1ccc(OCc2ccc(C)cc2)cc1. The fourth-order valence-corrected chi connectivity index (χ4v) is 3.36. The normalized spacial score (nSPS) is 11.2. The molecule has 0 saturated carbocycles. The lowest BCUT2D eigenvalue weighted by Crippen LogP contribution is -1.95. The number of aryl methyl sites for hydroxylation is 1. The van der Waals surface area contributed by atoms with Crippen LogP contribution in [0.15, 0.2) is 53.5 Å². The number of benzene rings is 2. The third kappa shape index (κ3) is 10.9. The van der Waals surface area contributed by atoms with Crippen molar-refractivity contribution in [2.45, 2.75) is 84.7 Å². The largest absolute Gasteiger partial charge is 0.489 e. The van der Waals surface area contributed by atoms with Crippen LogP contribution in [0.1, 0.15) is 87.8 Å². The van der Waals surface area contributed by atoms with E-state index in [1.807, 2.05) is 18.3 Å². The van der Waals surface area contributed by atoms with Crippen molar-refractivity contribution in [2.75, 3.05) is 6.54 Å². The lowest BCUT2D eigenvalue weighted by molar-refractivity contribution is 0.306. The van der Waals surface area contributed by atoms with E-state index < -0.39 is 0 Å². The van der Waals surface area contributed by atoms with Crippen molar-refractivity contribution in [1.29, 1.82) is 0 Å². The maximum atomic E-state index is 5.86. The van der Waals surface area contributed by atoms with E-state index in [1.54, 1.807) is 0 Å². The van der Waals surface area contributed by atoms with Gasteiger partial charge < -0.3 is 4.74 Å². The second kappa shape index (κ2) is 14.8. The zero-order valence-corrected chi connectivity index (χ0v) is 18.5. The highest BCUT2D eigenvalue weighted by Crippen LogP contribution is 2.14. The third-order valence-corrected chi connectivity index (χ3v) is 5.29. The fourth-order valence-electron chi connectivity index (χ4n) is 3.36. The minimum atomic E-state index is 0.604. The number of ether oxygens (including phenoxy) is 1. The van der Waals surface area contributed by atoms with Crippen molar-refractivity contribution in [3.63, 3.8) is 0 Å². The molecule has 0 aromatic heterocycles. The average molecular weight is 394 g/mol. The molecule has 0 aliphatic heterocycles. The molecule has 0 atom stereocenters. The Balaban J connectivity index is 1.52. The molecule has 158 valence electrons. The van der Waals surface area contributed by atoms with Crippen molar-refractivity contribution in [3.05, 3.63) is 65.2 Å². The van der Waals surface area contributed by atoms with Gasteiger partial charge in [-0.15, -0.1) is 0 Å². The smallest absolute Gasteiger partial charge is 0.119 e. The van der Waals surface area contributed by atoms with Crippen LogP contribution in [0.4, 0.5) is 0 Å². The molecule has 0 spiro atoms. The van der Waals surface area contributed by atoms with E-state index in [2.05, 4.69) is 55.2 Å². The Bertz CT molecular complexity index is 673. The Hall–Kier alpha value is -2.09. The van der Waals surface area contributed by atoms with Gasteiger partial charge in [-0.2, -0.15) is 0 Å². The van der Waals surface area contributed by atoms with Crippen LogP contribution in [0, 0.1) is 6.92 Å². The van der Waals surface area contributed by atoms with Crippen LogP contribution < -0.4 is 4.74 Å². The molecule has 0 aliphatic rings. The molecule has 29 heavy (non-hydrogen) atoms. The summed E-state index contributed by atoms with van der Waals surface area (Å²) in [7, 11) is 0. The minimum Gasteiger partial charge on any atom is -0.489 e. The molecular formula is C27H39NO. The summed E-state index contributed by atoms with van der Waals surface area (Å²) >= 11 is 0. The Morgan fingerprint density at radius 1 is 0.724 bits per heavy atom. The Kier molecular flexibility index (Phi) is 11.9. The molecule has 2 aromatic carbocycles. The van der Waals surface area contributed by atoms with E-state index in [4.69, 9.17) is 4.74 Å². The second-order valence-electron chi connectivity index (χ2n) is 8.06. The van der Waals surface area contributed by atoms with Gasteiger partial charge in [0.05, 0.1) is 0 Å². The number of nitrogens with zero attached hydrogens (tertiary/aromatic N) is 1. The molecule has 0 saturated heterocycles. The quantitative estimate of drug-likeness (QED) is 0.222. The zero-order chi connectivity index (χ0) is 20.6. The van der Waals surface area contributed by atoms with Gasteiger partial charge in [-0.25, -0.2) is 0 Å². The summed E-state index contributed by atoms with van der Waals surface area (Å²) < 4.78 is 5.86. The molecule has 0 bridgehead atoms. The monoisotopic (exact) mass is 393 g/mol. The van der Waals surface area contributed by atoms with Gasteiger partial charge in [0.25, 0.3) is 0 Å². The van der Waals surface area contributed by atoms with Crippen LogP contribution in [0.5, 0.6) is 5.75 Å². The Morgan fingerprint density at radius 2 is 1.31 bits per heavy atom. The lowest BCUT2D eigenvalue weighted by atomic mass is 10.1. The maximum absolute atomic E-state index is 5.86. The molecule has 2 rings (SSSR count).